The molecule has 0 saturated heterocycles. The molecule has 96 valence electrons. The van der Waals surface area contributed by atoms with Crippen molar-refractivity contribution in [2.45, 2.75) is 13.0 Å². The number of ether oxygens (including phenoxy) is 2. The van der Waals surface area contributed by atoms with E-state index in [0.29, 0.717) is 28.6 Å². The monoisotopic (exact) mass is 259 g/mol. The lowest BCUT2D eigenvalue weighted by atomic mass is 10.0. The molecule has 0 radical (unpaired) electrons. The average molecular weight is 260 g/mol. The molecule has 1 aromatic carbocycles. The number of aliphatic hydroxyl groups excluding tert-OH is 1. The highest BCUT2D eigenvalue weighted by Crippen LogP contribution is 2.42. The molecule has 17 heavy (non-hydrogen) atoms. The van der Waals surface area contributed by atoms with Gasteiger partial charge in [-0.15, -0.1) is 0 Å². The summed E-state index contributed by atoms with van der Waals surface area (Å²) in [4.78, 5) is 0. The molecule has 1 unspecified atom stereocenters. The van der Waals surface area contributed by atoms with Crippen molar-refractivity contribution in [1.82, 2.24) is 5.32 Å². The minimum atomic E-state index is -0.666. The predicted molar refractivity (Wildman–Crippen MR) is 68.2 cm³/mol. The minimum absolute atomic E-state index is 0.433. The first-order valence-corrected chi connectivity index (χ1v) is 5.68. The standard InChI is InChI=1S/C12H18ClNO3/c1-7-5-8(13)11(16-3)12(17-4)10(7)9(15)6-14-2/h5,9,14-15H,6H2,1-4H3. The summed E-state index contributed by atoms with van der Waals surface area (Å²) in [5.41, 5.74) is 1.57. The van der Waals surface area contributed by atoms with Gasteiger partial charge in [0.25, 0.3) is 0 Å². The van der Waals surface area contributed by atoms with Gasteiger partial charge in [-0.2, -0.15) is 0 Å². The van der Waals surface area contributed by atoms with Crippen LogP contribution in [-0.2, 0) is 0 Å². The zero-order valence-corrected chi connectivity index (χ0v) is 11.3. The van der Waals surface area contributed by atoms with Crippen molar-refractivity contribution in [3.63, 3.8) is 0 Å². The van der Waals surface area contributed by atoms with Crippen LogP contribution in [0.5, 0.6) is 11.5 Å². The van der Waals surface area contributed by atoms with E-state index in [4.69, 9.17) is 21.1 Å². The zero-order valence-electron chi connectivity index (χ0n) is 10.5. The van der Waals surface area contributed by atoms with E-state index >= 15 is 0 Å². The summed E-state index contributed by atoms with van der Waals surface area (Å²) in [5, 5.41) is 13.5. The Morgan fingerprint density at radius 3 is 2.41 bits per heavy atom. The smallest absolute Gasteiger partial charge is 0.179 e. The van der Waals surface area contributed by atoms with Crippen molar-refractivity contribution >= 4 is 11.6 Å². The predicted octanol–water partition coefficient (Wildman–Crippen LogP) is 1.92. The van der Waals surface area contributed by atoms with E-state index in [-0.39, 0.29) is 0 Å². The Labute approximate surface area is 106 Å². The van der Waals surface area contributed by atoms with Crippen molar-refractivity contribution < 1.29 is 14.6 Å². The molecule has 1 aromatic rings. The maximum atomic E-state index is 10.1. The zero-order chi connectivity index (χ0) is 13.0. The Morgan fingerprint density at radius 2 is 1.94 bits per heavy atom. The van der Waals surface area contributed by atoms with Gasteiger partial charge >= 0.3 is 0 Å². The fourth-order valence-corrected chi connectivity index (χ4v) is 2.17. The number of hydrogen-bond donors (Lipinski definition) is 2. The summed E-state index contributed by atoms with van der Waals surface area (Å²) >= 11 is 6.07. The molecule has 0 fully saturated rings. The quantitative estimate of drug-likeness (QED) is 0.848. The van der Waals surface area contributed by atoms with Crippen LogP contribution in [0.15, 0.2) is 6.07 Å². The summed E-state index contributed by atoms with van der Waals surface area (Å²) in [5.74, 6) is 0.935. The van der Waals surface area contributed by atoms with Gasteiger partial charge in [-0.05, 0) is 25.6 Å². The van der Waals surface area contributed by atoms with Crippen LogP contribution >= 0.6 is 11.6 Å². The molecule has 0 heterocycles. The van der Waals surface area contributed by atoms with E-state index in [2.05, 4.69) is 5.32 Å². The lowest BCUT2D eigenvalue weighted by Gasteiger charge is -2.20. The SMILES string of the molecule is CNCC(O)c1c(C)cc(Cl)c(OC)c1OC. The van der Waals surface area contributed by atoms with Gasteiger partial charge in [0.2, 0.25) is 0 Å². The fourth-order valence-electron chi connectivity index (χ4n) is 1.85. The normalized spacial score (nSPS) is 12.4. The molecule has 2 N–H and O–H groups in total. The molecule has 0 aliphatic rings. The molecule has 0 amide bonds. The minimum Gasteiger partial charge on any atom is -0.492 e. The van der Waals surface area contributed by atoms with Crippen LogP contribution in [0, 0.1) is 6.92 Å². The second-order valence-corrected chi connectivity index (χ2v) is 4.14. The van der Waals surface area contributed by atoms with Crippen LogP contribution < -0.4 is 14.8 Å². The molecule has 4 nitrogen and oxygen atoms in total. The van der Waals surface area contributed by atoms with E-state index in [1.807, 2.05) is 6.92 Å². The first kappa shape index (κ1) is 14.1. The maximum absolute atomic E-state index is 10.1. The molecule has 5 heteroatoms. The van der Waals surface area contributed by atoms with Crippen molar-refractivity contribution in [3.05, 3.63) is 22.2 Å². The number of methoxy groups -OCH3 is 2. The number of nitrogens with one attached hydrogen (secondary N) is 1. The van der Waals surface area contributed by atoms with E-state index in [1.165, 1.54) is 14.2 Å². The van der Waals surface area contributed by atoms with Crippen LogP contribution in [0.2, 0.25) is 5.02 Å². The first-order valence-electron chi connectivity index (χ1n) is 5.30. The van der Waals surface area contributed by atoms with Gasteiger partial charge in [0.15, 0.2) is 11.5 Å². The van der Waals surface area contributed by atoms with Gasteiger partial charge in [0.05, 0.1) is 25.3 Å². The Balaban J connectivity index is 3.36. The van der Waals surface area contributed by atoms with Crippen molar-refractivity contribution in [2.24, 2.45) is 0 Å². The summed E-state index contributed by atoms with van der Waals surface area (Å²) in [7, 11) is 4.83. The topological polar surface area (TPSA) is 50.7 Å². The summed E-state index contributed by atoms with van der Waals surface area (Å²) < 4.78 is 10.5. The third-order valence-electron chi connectivity index (χ3n) is 2.57. The number of rotatable bonds is 5. The molecule has 0 aromatic heterocycles. The number of benzene rings is 1. The lowest BCUT2D eigenvalue weighted by Crippen LogP contribution is -2.18. The third kappa shape index (κ3) is 2.83. The van der Waals surface area contributed by atoms with Gasteiger partial charge in [-0.25, -0.2) is 0 Å². The van der Waals surface area contributed by atoms with Crippen LogP contribution in [-0.4, -0.2) is 32.9 Å². The fraction of sp³-hybridized carbons (Fsp3) is 0.500. The summed E-state index contributed by atoms with van der Waals surface area (Å²) in [6.07, 6.45) is -0.666. The second kappa shape index (κ2) is 6.10. The number of likely N-dealkylation sites (N-methyl/N-ethyl adjacent to an activating group) is 1. The van der Waals surface area contributed by atoms with Gasteiger partial charge < -0.3 is 19.9 Å². The third-order valence-corrected chi connectivity index (χ3v) is 2.86. The van der Waals surface area contributed by atoms with E-state index in [9.17, 15) is 5.11 Å². The summed E-state index contributed by atoms with van der Waals surface area (Å²) in [6.45, 7) is 2.31. The molecule has 0 saturated carbocycles. The highest BCUT2D eigenvalue weighted by atomic mass is 35.5. The number of hydrogen-bond acceptors (Lipinski definition) is 4. The molecular formula is C12H18ClNO3. The van der Waals surface area contributed by atoms with Crippen molar-refractivity contribution in [3.8, 4) is 11.5 Å². The Hall–Kier alpha value is -0.970. The Morgan fingerprint density at radius 1 is 1.35 bits per heavy atom. The van der Waals surface area contributed by atoms with Crippen molar-refractivity contribution in [2.75, 3.05) is 27.8 Å². The van der Waals surface area contributed by atoms with E-state index in [0.717, 1.165) is 5.56 Å². The Kier molecular flexibility index (Phi) is 5.05. The molecule has 0 aliphatic carbocycles. The average Bonchev–Trinajstić information content (AvgIpc) is 2.28. The van der Waals surface area contributed by atoms with Gasteiger partial charge in [-0.1, -0.05) is 11.6 Å². The molecule has 1 atom stereocenters. The van der Waals surface area contributed by atoms with Crippen LogP contribution in [0.25, 0.3) is 0 Å². The maximum Gasteiger partial charge on any atom is 0.179 e. The largest absolute Gasteiger partial charge is 0.492 e. The van der Waals surface area contributed by atoms with Crippen molar-refractivity contribution in [1.29, 1.82) is 0 Å². The molecule has 0 spiro atoms. The molecular weight excluding hydrogens is 242 g/mol. The van der Waals surface area contributed by atoms with Gasteiger partial charge in [0.1, 0.15) is 0 Å². The lowest BCUT2D eigenvalue weighted by molar-refractivity contribution is 0.171. The highest BCUT2D eigenvalue weighted by Gasteiger charge is 2.22. The molecule has 0 aliphatic heterocycles. The Bertz CT molecular complexity index is 396. The van der Waals surface area contributed by atoms with Gasteiger partial charge in [0, 0.05) is 12.1 Å². The van der Waals surface area contributed by atoms with E-state index < -0.39 is 6.10 Å². The van der Waals surface area contributed by atoms with E-state index in [1.54, 1.807) is 13.1 Å². The number of aryl methyl sites for hydroxylation is 1. The molecule has 1 rings (SSSR count). The first-order chi connectivity index (χ1) is 8.06. The molecule has 0 bridgehead atoms. The highest BCUT2D eigenvalue weighted by molar-refractivity contribution is 6.32. The van der Waals surface area contributed by atoms with Crippen LogP contribution in [0.4, 0.5) is 0 Å². The number of halogens is 1. The number of aliphatic hydroxyl groups is 1. The summed E-state index contributed by atoms with van der Waals surface area (Å²) in [6, 6.07) is 1.76. The second-order valence-electron chi connectivity index (χ2n) is 3.73. The van der Waals surface area contributed by atoms with Crippen LogP contribution in [0.1, 0.15) is 17.2 Å². The van der Waals surface area contributed by atoms with Gasteiger partial charge in [-0.3, -0.25) is 0 Å². The van der Waals surface area contributed by atoms with Crippen LogP contribution in [0.3, 0.4) is 0 Å².